The summed E-state index contributed by atoms with van der Waals surface area (Å²) in [6, 6.07) is 18.1. The first-order valence-corrected chi connectivity index (χ1v) is 9.19. The Morgan fingerprint density at radius 2 is 1.75 bits per heavy atom. The van der Waals surface area contributed by atoms with E-state index in [2.05, 4.69) is 4.98 Å². The van der Waals surface area contributed by atoms with Crippen LogP contribution in [0.1, 0.15) is 21.5 Å². The molecule has 0 bridgehead atoms. The molecule has 0 spiro atoms. The van der Waals surface area contributed by atoms with Gasteiger partial charge in [-0.1, -0.05) is 41.4 Å². The maximum Gasteiger partial charge on any atom is 0.252 e. The number of carbonyl (C=O) groups is 1. The van der Waals surface area contributed by atoms with Crippen LogP contribution in [0, 0.1) is 6.92 Å². The molecule has 0 aliphatic rings. The summed E-state index contributed by atoms with van der Waals surface area (Å²) < 4.78 is 1.49. The molecule has 0 fully saturated rings. The Labute approximate surface area is 167 Å². The van der Waals surface area contributed by atoms with Gasteiger partial charge in [0, 0.05) is 40.8 Å². The second kappa shape index (κ2) is 7.06. The van der Waals surface area contributed by atoms with Crippen molar-refractivity contribution in [2.75, 3.05) is 0 Å². The fourth-order valence-electron chi connectivity index (χ4n) is 3.27. The molecule has 0 amide bonds. The summed E-state index contributed by atoms with van der Waals surface area (Å²) in [6.45, 7) is 2.00. The zero-order chi connectivity index (χ0) is 19.8. The number of fused-ring (bicyclic) bond motifs is 1. The summed E-state index contributed by atoms with van der Waals surface area (Å²) in [5.74, 6) is -0.143. The lowest BCUT2D eigenvalue weighted by molar-refractivity contribution is 0.103. The molecule has 4 rings (SSSR count). The van der Waals surface area contributed by atoms with Crippen molar-refractivity contribution in [3.63, 3.8) is 0 Å². The molecule has 0 saturated carbocycles. The Bertz CT molecular complexity index is 1270. The number of aromatic nitrogens is 2. The molecule has 0 atom stereocenters. The number of carbonyl (C=O) groups excluding carboxylic acids is 1. The zero-order valence-electron chi connectivity index (χ0n) is 15.4. The fourth-order valence-corrected chi connectivity index (χ4v) is 3.39. The monoisotopic (exact) mass is 388 g/mol. The summed E-state index contributed by atoms with van der Waals surface area (Å²) in [4.78, 5) is 29.8. The van der Waals surface area contributed by atoms with E-state index in [-0.39, 0.29) is 11.3 Å². The van der Waals surface area contributed by atoms with Gasteiger partial charge in [-0.15, -0.1) is 0 Å². The second-order valence-electron chi connectivity index (χ2n) is 6.76. The van der Waals surface area contributed by atoms with Crippen LogP contribution < -0.4 is 5.56 Å². The minimum absolute atomic E-state index is 0.143. The summed E-state index contributed by atoms with van der Waals surface area (Å²) in [6.07, 6.45) is 1.51. The molecule has 0 saturated heterocycles. The van der Waals surface area contributed by atoms with Gasteiger partial charge in [0.05, 0.1) is 0 Å². The number of ketones is 1. The van der Waals surface area contributed by atoms with Crippen LogP contribution in [0.5, 0.6) is 0 Å². The number of rotatable bonds is 3. The van der Waals surface area contributed by atoms with Gasteiger partial charge in [0.1, 0.15) is 5.65 Å². The number of pyridine rings is 2. The third kappa shape index (κ3) is 3.23. The van der Waals surface area contributed by atoms with Crippen molar-refractivity contribution in [1.29, 1.82) is 0 Å². The van der Waals surface area contributed by atoms with Gasteiger partial charge < -0.3 is 0 Å². The highest BCUT2D eigenvalue weighted by atomic mass is 35.5. The SMILES string of the molecule is Cc1cccc(-c2cc(=O)n(C)c3ncc(C(=O)c4ccc(Cl)cc4)cc23)c1. The number of hydrogen-bond acceptors (Lipinski definition) is 3. The van der Waals surface area contributed by atoms with Gasteiger partial charge in [0.25, 0.3) is 5.56 Å². The van der Waals surface area contributed by atoms with Gasteiger partial charge in [-0.2, -0.15) is 0 Å². The Morgan fingerprint density at radius 3 is 2.46 bits per heavy atom. The molecule has 2 heterocycles. The molecular weight excluding hydrogens is 372 g/mol. The average Bonchev–Trinajstić information content (AvgIpc) is 2.70. The Balaban J connectivity index is 1.94. The van der Waals surface area contributed by atoms with Crippen LogP contribution in [0.15, 0.2) is 71.7 Å². The Morgan fingerprint density at radius 1 is 1.00 bits per heavy atom. The molecule has 4 aromatic rings. The van der Waals surface area contributed by atoms with E-state index in [9.17, 15) is 9.59 Å². The first kappa shape index (κ1) is 18.1. The van der Waals surface area contributed by atoms with Gasteiger partial charge in [0.2, 0.25) is 0 Å². The maximum absolute atomic E-state index is 12.9. The molecule has 0 unspecified atom stereocenters. The molecule has 0 N–H and O–H groups in total. The maximum atomic E-state index is 12.9. The van der Waals surface area contributed by atoms with E-state index in [1.165, 1.54) is 10.8 Å². The van der Waals surface area contributed by atoms with Crippen molar-refractivity contribution >= 4 is 28.4 Å². The number of aryl methyl sites for hydroxylation is 2. The van der Waals surface area contributed by atoms with Crippen molar-refractivity contribution < 1.29 is 4.79 Å². The molecule has 0 aliphatic carbocycles. The van der Waals surface area contributed by atoms with E-state index in [0.717, 1.165) is 22.1 Å². The minimum Gasteiger partial charge on any atom is -0.296 e. The average molecular weight is 389 g/mol. The standard InChI is InChI=1S/C23H17ClN2O2/c1-14-4-3-5-16(10-14)19-12-21(27)26(2)23-20(19)11-17(13-25-23)22(28)15-6-8-18(24)9-7-15/h3-13H,1-2H3. The van der Waals surface area contributed by atoms with Crippen LogP contribution in [-0.4, -0.2) is 15.3 Å². The molecular formula is C23H17ClN2O2. The number of halogens is 1. The summed E-state index contributed by atoms with van der Waals surface area (Å²) >= 11 is 5.92. The van der Waals surface area contributed by atoms with Gasteiger partial charge in [-0.05, 0) is 48.4 Å². The Hall–Kier alpha value is -3.24. The third-order valence-electron chi connectivity index (χ3n) is 4.77. The van der Waals surface area contributed by atoms with E-state index in [1.807, 2.05) is 31.2 Å². The van der Waals surface area contributed by atoms with Crippen LogP contribution in [0.3, 0.4) is 0 Å². The predicted octanol–water partition coefficient (Wildman–Crippen LogP) is 4.79. The van der Waals surface area contributed by atoms with Crippen LogP contribution in [0.4, 0.5) is 0 Å². The topological polar surface area (TPSA) is 52.0 Å². The quantitative estimate of drug-likeness (QED) is 0.474. The van der Waals surface area contributed by atoms with Gasteiger partial charge >= 0.3 is 0 Å². The van der Waals surface area contributed by atoms with Crippen LogP contribution in [-0.2, 0) is 7.05 Å². The lowest BCUT2D eigenvalue weighted by atomic mass is 9.98. The van der Waals surface area contributed by atoms with Crippen LogP contribution in [0.2, 0.25) is 5.02 Å². The highest BCUT2D eigenvalue weighted by Crippen LogP contribution is 2.28. The summed E-state index contributed by atoms with van der Waals surface area (Å²) in [7, 11) is 1.68. The predicted molar refractivity (Wildman–Crippen MR) is 112 cm³/mol. The van der Waals surface area contributed by atoms with E-state index in [0.29, 0.717) is 21.8 Å². The van der Waals surface area contributed by atoms with Crippen LogP contribution >= 0.6 is 11.6 Å². The van der Waals surface area contributed by atoms with Crippen molar-refractivity contribution in [2.24, 2.45) is 7.05 Å². The van der Waals surface area contributed by atoms with Crippen molar-refractivity contribution in [1.82, 2.24) is 9.55 Å². The molecule has 2 aromatic heterocycles. The molecule has 0 radical (unpaired) electrons. The zero-order valence-corrected chi connectivity index (χ0v) is 16.2. The van der Waals surface area contributed by atoms with Crippen molar-refractivity contribution in [3.8, 4) is 11.1 Å². The third-order valence-corrected chi connectivity index (χ3v) is 5.02. The van der Waals surface area contributed by atoms with E-state index >= 15 is 0 Å². The van der Waals surface area contributed by atoms with Crippen molar-refractivity contribution in [2.45, 2.75) is 6.92 Å². The largest absolute Gasteiger partial charge is 0.296 e. The smallest absolute Gasteiger partial charge is 0.252 e. The second-order valence-corrected chi connectivity index (χ2v) is 7.19. The van der Waals surface area contributed by atoms with Gasteiger partial charge in [-0.3, -0.25) is 14.2 Å². The molecule has 28 heavy (non-hydrogen) atoms. The summed E-state index contributed by atoms with van der Waals surface area (Å²) in [5, 5.41) is 1.33. The van der Waals surface area contributed by atoms with Crippen LogP contribution in [0.25, 0.3) is 22.2 Å². The van der Waals surface area contributed by atoms with Gasteiger partial charge in [0.15, 0.2) is 5.78 Å². The normalized spacial score (nSPS) is 11.0. The number of nitrogens with zero attached hydrogens (tertiary/aromatic N) is 2. The van der Waals surface area contributed by atoms with E-state index < -0.39 is 0 Å². The van der Waals surface area contributed by atoms with E-state index in [4.69, 9.17) is 11.6 Å². The van der Waals surface area contributed by atoms with Gasteiger partial charge in [-0.25, -0.2) is 4.98 Å². The number of benzene rings is 2. The molecule has 138 valence electrons. The Kier molecular flexibility index (Phi) is 4.57. The lowest BCUT2D eigenvalue weighted by Gasteiger charge is -2.11. The minimum atomic E-state index is -0.145. The van der Waals surface area contributed by atoms with E-state index in [1.54, 1.807) is 43.4 Å². The highest BCUT2D eigenvalue weighted by Gasteiger charge is 2.15. The summed E-state index contributed by atoms with van der Waals surface area (Å²) in [5.41, 5.74) is 4.16. The first-order chi connectivity index (χ1) is 13.4. The fraction of sp³-hybridized carbons (Fsp3) is 0.0870. The molecule has 2 aromatic carbocycles. The molecule has 4 nitrogen and oxygen atoms in total. The van der Waals surface area contributed by atoms with Crippen molar-refractivity contribution in [3.05, 3.63) is 98.9 Å². The number of hydrogen-bond donors (Lipinski definition) is 0. The molecule has 0 aliphatic heterocycles. The first-order valence-electron chi connectivity index (χ1n) is 8.81. The molecule has 5 heteroatoms. The highest BCUT2D eigenvalue weighted by molar-refractivity contribution is 6.30. The lowest BCUT2D eigenvalue weighted by Crippen LogP contribution is -2.17.